The Bertz CT molecular complexity index is 513. The van der Waals surface area contributed by atoms with Crippen LogP contribution in [0.4, 0.5) is 0 Å². The van der Waals surface area contributed by atoms with Gasteiger partial charge in [-0.25, -0.2) is 0 Å². The van der Waals surface area contributed by atoms with Crippen LogP contribution in [0, 0.1) is 6.92 Å². The summed E-state index contributed by atoms with van der Waals surface area (Å²) in [6.45, 7) is 3.76. The van der Waals surface area contributed by atoms with Crippen LogP contribution in [0.2, 0.25) is 0 Å². The van der Waals surface area contributed by atoms with E-state index >= 15 is 0 Å². The van der Waals surface area contributed by atoms with Crippen LogP contribution in [0.15, 0.2) is 60.7 Å². The number of rotatable bonds is 3. The van der Waals surface area contributed by atoms with Crippen molar-refractivity contribution in [2.45, 2.75) is 6.42 Å². The van der Waals surface area contributed by atoms with Crippen molar-refractivity contribution in [2.24, 2.45) is 0 Å². The monoisotopic (exact) mass is 207 g/mol. The summed E-state index contributed by atoms with van der Waals surface area (Å²) < 4.78 is 0. The van der Waals surface area contributed by atoms with Crippen molar-refractivity contribution in [1.82, 2.24) is 0 Å². The Kier molecular flexibility index (Phi) is 3.55. The highest BCUT2D eigenvalue weighted by atomic mass is 14.0. The fourth-order valence-corrected chi connectivity index (χ4v) is 1.73. The van der Waals surface area contributed by atoms with E-state index < -0.39 is 0 Å². The Morgan fingerprint density at radius 1 is 0.938 bits per heavy atom. The zero-order valence-electron chi connectivity index (χ0n) is 9.27. The lowest BCUT2D eigenvalue weighted by Gasteiger charge is -2.00. The van der Waals surface area contributed by atoms with Gasteiger partial charge in [0.2, 0.25) is 0 Å². The minimum Gasteiger partial charge on any atom is -0.0845 e. The van der Waals surface area contributed by atoms with E-state index in [1.54, 1.807) is 0 Å². The molecule has 0 aromatic heterocycles. The minimum absolute atomic E-state index is 0.833. The molecule has 0 atom stereocenters. The molecule has 2 rings (SSSR count). The van der Waals surface area contributed by atoms with Gasteiger partial charge in [0.05, 0.1) is 0 Å². The van der Waals surface area contributed by atoms with Crippen LogP contribution in [0.5, 0.6) is 0 Å². The molecule has 1 radical (unpaired) electrons. The van der Waals surface area contributed by atoms with Crippen molar-refractivity contribution in [1.29, 1.82) is 0 Å². The van der Waals surface area contributed by atoms with E-state index in [1.165, 1.54) is 16.3 Å². The summed E-state index contributed by atoms with van der Waals surface area (Å²) >= 11 is 0. The van der Waals surface area contributed by atoms with Gasteiger partial charge in [-0.2, -0.15) is 0 Å². The first kappa shape index (κ1) is 10.7. The van der Waals surface area contributed by atoms with Crippen LogP contribution in [0.25, 0.3) is 16.8 Å². The van der Waals surface area contributed by atoms with Gasteiger partial charge in [0.15, 0.2) is 0 Å². The first-order valence-corrected chi connectivity index (χ1v) is 5.52. The number of allylic oxidation sites excluding steroid dienone is 3. The molecule has 2 aromatic carbocycles. The Morgan fingerprint density at radius 3 is 2.62 bits per heavy atom. The normalized spacial score (nSPS) is 11.8. The first-order chi connectivity index (χ1) is 7.92. The maximum absolute atomic E-state index is 3.76. The highest BCUT2D eigenvalue weighted by Gasteiger charge is 1.94. The molecule has 0 nitrogen and oxygen atoms in total. The second kappa shape index (κ2) is 5.32. The fourth-order valence-electron chi connectivity index (χ4n) is 1.73. The Balaban J connectivity index is 2.37. The molecule has 0 aliphatic carbocycles. The van der Waals surface area contributed by atoms with E-state index in [0.717, 1.165) is 6.42 Å². The summed E-state index contributed by atoms with van der Waals surface area (Å²) in [5, 5.41) is 2.58. The van der Waals surface area contributed by atoms with Crippen LogP contribution in [-0.2, 0) is 0 Å². The molecular formula is C16H15. The summed E-state index contributed by atoms with van der Waals surface area (Å²) in [4.78, 5) is 0. The predicted molar refractivity (Wildman–Crippen MR) is 72.1 cm³/mol. The quantitative estimate of drug-likeness (QED) is 0.643. The van der Waals surface area contributed by atoms with Gasteiger partial charge in [-0.05, 0) is 29.7 Å². The molecule has 0 unspecified atom stereocenters. The van der Waals surface area contributed by atoms with E-state index in [-0.39, 0.29) is 0 Å². The van der Waals surface area contributed by atoms with Crippen molar-refractivity contribution in [3.05, 3.63) is 73.2 Å². The van der Waals surface area contributed by atoms with E-state index in [9.17, 15) is 0 Å². The molecule has 0 heterocycles. The Labute approximate surface area is 96.9 Å². The third-order valence-electron chi connectivity index (χ3n) is 2.51. The topological polar surface area (TPSA) is 0 Å². The summed E-state index contributed by atoms with van der Waals surface area (Å²) in [5.41, 5.74) is 1.26. The smallest absolute Gasteiger partial charge is 0.0111 e. The highest BCUT2D eigenvalue weighted by Crippen LogP contribution is 2.19. The van der Waals surface area contributed by atoms with Gasteiger partial charge in [0, 0.05) is 0 Å². The molecule has 79 valence electrons. The Hall–Kier alpha value is -1.82. The lowest BCUT2D eigenvalue weighted by molar-refractivity contribution is 1.40. The van der Waals surface area contributed by atoms with Crippen LogP contribution in [-0.4, -0.2) is 0 Å². The van der Waals surface area contributed by atoms with E-state index in [4.69, 9.17) is 0 Å². The molecule has 0 N–H and O–H groups in total. The third kappa shape index (κ3) is 2.40. The van der Waals surface area contributed by atoms with Gasteiger partial charge in [-0.15, -0.1) is 0 Å². The minimum atomic E-state index is 0.833. The molecule has 0 aliphatic heterocycles. The first-order valence-electron chi connectivity index (χ1n) is 5.52. The summed E-state index contributed by atoms with van der Waals surface area (Å²) in [6.07, 6.45) is 9.11. The molecule has 0 aliphatic rings. The van der Waals surface area contributed by atoms with Crippen molar-refractivity contribution in [3.8, 4) is 0 Å². The van der Waals surface area contributed by atoms with Crippen molar-refractivity contribution < 1.29 is 0 Å². The predicted octanol–water partition coefficient (Wildman–Crippen LogP) is 4.63. The second-order valence-corrected chi connectivity index (χ2v) is 3.64. The highest BCUT2D eigenvalue weighted by molar-refractivity contribution is 5.90. The lowest BCUT2D eigenvalue weighted by atomic mass is 10.0. The van der Waals surface area contributed by atoms with E-state index in [1.807, 2.05) is 12.2 Å². The van der Waals surface area contributed by atoms with Gasteiger partial charge < -0.3 is 0 Å². The van der Waals surface area contributed by atoms with Crippen molar-refractivity contribution >= 4 is 16.8 Å². The van der Waals surface area contributed by atoms with Gasteiger partial charge >= 0.3 is 0 Å². The maximum Gasteiger partial charge on any atom is -0.0111 e. The molecular weight excluding hydrogens is 192 g/mol. The Morgan fingerprint density at radius 2 is 1.75 bits per heavy atom. The molecule has 2 aromatic rings. The average molecular weight is 207 g/mol. The maximum atomic E-state index is 3.76. The summed E-state index contributed by atoms with van der Waals surface area (Å²) in [6, 6.07) is 14.8. The third-order valence-corrected chi connectivity index (χ3v) is 2.51. The molecule has 0 heteroatoms. The van der Waals surface area contributed by atoms with Gasteiger partial charge in [0.1, 0.15) is 0 Å². The van der Waals surface area contributed by atoms with Gasteiger partial charge in [0.25, 0.3) is 0 Å². The summed E-state index contributed by atoms with van der Waals surface area (Å²) in [5.74, 6) is 0. The van der Waals surface area contributed by atoms with Crippen LogP contribution >= 0.6 is 0 Å². The molecule has 0 spiro atoms. The molecule has 0 amide bonds. The largest absolute Gasteiger partial charge is 0.0845 e. The number of benzene rings is 2. The molecule has 0 saturated heterocycles. The molecule has 16 heavy (non-hydrogen) atoms. The van der Waals surface area contributed by atoms with Crippen LogP contribution < -0.4 is 0 Å². The number of fused-ring (bicyclic) bond motifs is 1. The standard InChI is InChI=1S/C16H15/c1-2-3-4-5-9-14-11-8-12-15-10-6-7-13-16(14)15/h3-13H,1-2H2. The van der Waals surface area contributed by atoms with E-state index in [2.05, 4.69) is 61.5 Å². The SMILES string of the molecule is [CH2]CC=CC=Cc1cccc2ccccc12. The van der Waals surface area contributed by atoms with Crippen molar-refractivity contribution in [3.63, 3.8) is 0 Å². The molecule has 0 saturated carbocycles. The van der Waals surface area contributed by atoms with Crippen LogP contribution in [0.3, 0.4) is 0 Å². The van der Waals surface area contributed by atoms with Gasteiger partial charge in [-0.3, -0.25) is 0 Å². The van der Waals surface area contributed by atoms with Crippen LogP contribution in [0.1, 0.15) is 12.0 Å². The number of hydrogen-bond donors (Lipinski definition) is 0. The zero-order valence-corrected chi connectivity index (χ0v) is 9.27. The summed E-state index contributed by atoms with van der Waals surface area (Å²) in [7, 11) is 0. The molecule has 0 bridgehead atoms. The number of hydrogen-bond acceptors (Lipinski definition) is 0. The van der Waals surface area contributed by atoms with E-state index in [0.29, 0.717) is 0 Å². The van der Waals surface area contributed by atoms with Crippen molar-refractivity contribution in [2.75, 3.05) is 0 Å². The fraction of sp³-hybridized carbons (Fsp3) is 0.0625. The lowest BCUT2D eigenvalue weighted by Crippen LogP contribution is -1.76. The molecule has 0 fully saturated rings. The second-order valence-electron chi connectivity index (χ2n) is 3.64. The zero-order chi connectivity index (χ0) is 11.2. The average Bonchev–Trinajstić information content (AvgIpc) is 2.35. The van der Waals surface area contributed by atoms with Gasteiger partial charge in [-0.1, -0.05) is 66.8 Å².